The van der Waals surface area contributed by atoms with E-state index in [1.807, 2.05) is 0 Å². The number of nitrogens with one attached hydrogen (secondary N) is 1. The molecule has 2 amide bonds. The zero-order valence-electron chi connectivity index (χ0n) is 14.3. The van der Waals surface area contributed by atoms with E-state index in [-0.39, 0.29) is 18.2 Å². The van der Waals surface area contributed by atoms with Gasteiger partial charge in [-0.1, -0.05) is 25.7 Å². The third kappa shape index (κ3) is 5.43. The van der Waals surface area contributed by atoms with Gasteiger partial charge in [-0.15, -0.1) is 0 Å². The number of aliphatic hydroxyl groups is 1. The number of urea groups is 1. The summed E-state index contributed by atoms with van der Waals surface area (Å²) < 4.78 is 6.26. The summed E-state index contributed by atoms with van der Waals surface area (Å²) in [4.78, 5) is 13.9. The van der Waals surface area contributed by atoms with Crippen LogP contribution in [0.4, 0.5) is 4.79 Å². The van der Waals surface area contributed by atoms with Gasteiger partial charge in [0.15, 0.2) is 0 Å². The Morgan fingerprint density at radius 1 is 1.18 bits per heavy atom. The first-order valence-electron chi connectivity index (χ1n) is 8.74. The first kappa shape index (κ1) is 17.5. The summed E-state index contributed by atoms with van der Waals surface area (Å²) in [6.45, 7) is 3.74. The van der Waals surface area contributed by atoms with Crippen molar-refractivity contribution in [3.8, 4) is 0 Å². The molecule has 0 radical (unpaired) electrons. The number of hydrogen-bond acceptors (Lipinski definition) is 3. The van der Waals surface area contributed by atoms with Crippen LogP contribution in [0.2, 0.25) is 0 Å². The van der Waals surface area contributed by atoms with Gasteiger partial charge in [-0.3, -0.25) is 0 Å². The number of carbonyl (C=O) groups excluding carboxylic acids is 1. The van der Waals surface area contributed by atoms with Crippen molar-refractivity contribution >= 4 is 6.03 Å². The van der Waals surface area contributed by atoms with Crippen LogP contribution in [0.3, 0.4) is 0 Å². The Morgan fingerprint density at radius 3 is 2.41 bits per heavy atom. The second kappa shape index (κ2) is 7.64. The highest BCUT2D eigenvalue weighted by Crippen LogP contribution is 2.28. The minimum absolute atomic E-state index is 0.103. The van der Waals surface area contributed by atoms with Crippen LogP contribution in [0.25, 0.3) is 0 Å². The molecule has 2 aliphatic carbocycles. The van der Waals surface area contributed by atoms with Crippen LogP contribution in [0, 0.1) is 0 Å². The van der Waals surface area contributed by atoms with Gasteiger partial charge in [-0.25, -0.2) is 4.79 Å². The number of likely N-dealkylation sites (N-methyl/N-ethyl adjacent to an activating group) is 1. The molecule has 0 aromatic rings. The van der Waals surface area contributed by atoms with Crippen molar-refractivity contribution in [1.29, 1.82) is 0 Å². The Hall–Kier alpha value is -0.810. The predicted molar refractivity (Wildman–Crippen MR) is 86.8 cm³/mol. The quantitative estimate of drug-likeness (QED) is 0.820. The molecule has 2 N–H and O–H groups in total. The van der Waals surface area contributed by atoms with E-state index in [1.165, 1.54) is 19.3 Å². The maximum absolute atomic E-state index is 12.3. The lowest BCUT2D eigenvalue weighted by Gasteiger charge is -2.35. The molecule has 128 valence electrons. The lowest BCUT2D eigenvalue weighted by molar-refractivity contribution is -0.0419. The molecule has 2 rings (SSSR count). The molecule has 5 nitrogen and oxygen atoms in total. The third-order valence-corrected chi connectivity index (χ3v) is 4.65. The second-order valence-electron chi connectivity index (χ2n) is 7.59. The van der Waals surface area contributed by atoms with E-state index in [1.54, 1.807) is 25.8 Å². The topological polar surface area (TPSA) is 61.8 Å². The summed E-state index contributed by atoms with van der Waals surface area (Å²) in [7, 11) is 1.73. The molecule has 5 heteroatoms. The van der Waals surface area contributed by atoms with E-state index in [4.69, 9.17) is 4.74 Å². The fourth-order valence-corrected chi connectivity index (χ4v) is 3.62. The molecule has 2 aliphatic rings. The number of ether oxygens (including phenoxy) is 1. The Kier molecular flexibility index (Phi) is 6.09. The van der Waals surface area contributed by atoms with Crippen molar-refractivity contribution in [3.05, 3.63) is 0 Å². The smallest absolute Gasteiger partial charge is 0.317 e. The highest BCUT2D eigenvalue weighted by molar-refractivity contribution is 5.74. The van der Waals surface area contributed by atoms with Crippen molar-refractivity contribution in [2.75, 3.05) is 13.6 Å². The van der Waals surface area contributed by atoms with E-state index in [0.717, 1.165) is 32.1 Å². The highest BCUT2D eigenvalue weighted by atomic mass is 16.5. The third-order valence-electron chi connectivity index (χ3n) is 4.65. The molecular weight excluding hydrogens is 280 g/mol. The molecule has 0 spiro atoms. The van der Waals surface area contributed by atoms with Crippen LogP contribution < -0.4 is 5.32 Å². The Labute approximate surface area is 134 Å². The fraction of sp³-hybridized carbons (Fsp3) is 0.941. The average Bonchev–Trinajstić information content (AvgIpc) is 2.92. The van der Waals surface area contributed by atoms with Gasteiger partial charge in [0.2, 0.25) is 0 Å². The highest BCUT2D eigenvalue weighted by Gasteiger charge is 2.31. The van der Waals surface area contributed by atoms with Crippen LogP contribution in [0.5, 0.6) is 0 Å². The fourth-order valence-electron chi connectivity index (χ4n) is 3.62. The van der Waals surface area contributed by atoms with Crippen molar-refractivity contribution in [2.45, 2.75) is 89.1 Å². The van der Waals surface area contributed by atoms with E-state index >= 15 is 0 Å². The summed E-state index contributed by atoms with van der Waals surface area (Å²) in [5.74, 6) is 0. The van der Waals surface area contributed by atoms with Crippen molar-refractivity contribution < 1.29 is 14.6 Å². The minimum Gasteiger partial charge on any atom is -0.389 e. The average molecular weight is 312 g/mol. The summed E-state index contributed by atoms with van der Waals surface area (Å²) >= 11 is 0. The molecule has 0 aromatic heterocycles. The van der Waals surface area contributed by atoms with E-state index in [9.17, 15) is 9.90 Å². The number of amides is 2. The summed E-state index contributed by atoms with van der Waals surface area (Å²) in [5, 5.41) is 13.0. The van der Waals surface area contributed by atoms with Gasteiger partial charge < -0.3 is 20.1 Å². The molecule has 2 fully saturated rings. The van der Waals surface area contributed by atoms with E-state index in [0.29, 0.717) is 12.6 Å². The normalized spacial score (nSPS) is 26.9. The molecule has 2 atom stereocenters. The lowest BCUT2D eigenvalue weighted by atomic mass is 9.92. The van der Waals surface area contributed by atoms with Gasteiger partial charge in [-0.05, 0) is 39.5 Å². The molecule has 0 bridgehead atoms. The largest absolute Gasteiger partial charge is 0.389 e. The monoisotopic (exact) mass is 312 g/mol. The van der Waals surface area contributed by atoms with Gasteiger partial charge in [0, 0.05) is 7.05 Å². The van der Waals surface area contributed by atoms with Crippen LogP contribution in [0.1, 0.15) is 65.2 Å². The van der Waals surface area contributed by atoms with Crippen LogP contribution in [-0.4, -0.2) is 53.5 Å². The first-order chi connectivity index (χ1) is 10.3. The lowest BCUT2D eigenvalue weighted by Crippen LogP contribution is -2.52. The Morgan fingerprint density at radius 2 is 1.77 bits per heavy atom. The van der Waals surface area contributed by atoms with Gasteiger partial charge in [-0.2, -0.15) is 0 Å². The first-order valence-corrected chi connectivity index (χ1v) is 8.74. The maximum Gasteiger partial charge on any atom is 0.317 e. The molecule has 2 saturated carbocycles. The Balaban J connectivity index is 1.85. The number of rotatable bonds is 5. The van der Waals surface area contributed by atoms with Crippen LogP contribution in [-0.2, 0) is 4.74 Å². The minimum atomic E-state index is -0.877. The van der Waals surface area contributed by atoms with Crippen molar-refractivity contribution in [2.24, 2.45) is 0 Å². The molecular formula is C17H32N2O3. The van der Waals surface area contributed by atoms with Crippen LogP contribution >= 0.6 is 0 Å². The summed E-state index contributed by atoms with van der Waals surface area (Å²) in [6, 6.07) is -0.0137. The second-order valence-corrected chi connectivity index (χ2v) is 7.59. The van der Waals surface area contributed by atoms with Gasteiger partial charge >= 0.3 is 6.03 Å². The molecule has 22 heavy (non-hydrogen) atoms. The van der Waals surface area contributed by atoms with Gasteiger partial charge in [0.05, 0.1) is 30.4 Å². The van der Waals surface area contributed by atoms with Crippen molar-refractivity contribution in [3.63, 3.8) is 0 Å². The SMILES string of the molecule is CN(CC(C)(C)O)C(=O)NC1CCCCC1OC1CCCC1. The maximum atomic E-state index is 12.3. The van der Waals surface area contributed by atoms with Crippen LogP contribution in [0.15, 0.2) is 0 Å². The van der Waals surface area contributed by atoms with E-state index < -0.39 is 5.60 Å². The molecule has 0 saturated heterocycles. The Bertz CT molecular complexity index is 361. The molecule has 0 aliphatic heterocycles. The van der Waals surface area contributed by atoms with Gasteiger partial charge in [0.25, 0.3) is 0 Å². The molecule has 0 aromatic carbocycles. The summed E-state index contributed by atoms with van der Waals surface area (Å²) in [6.07, 6.45) is 9.74. The number of carbonyl (C=O) groups is 1. The van der Waals surface area contributed by atoms with Gasteiger partial charge in [0.1, 0.15) is 0 Å². The van der Waals surface area contributed by atoms with E-state index in [2.05, 4.69) is 5.32 Å². The predicted octanol–water partition coefficient (Wildman–Crippen LogP) is 2.67. The summed E-state index contributed by atoms with van der Waals surface area (Å²) in [5.41, 5.74) is -0.877. The standard InChI is InChI=1S/C17H32N2O3/c1-17(2,21)12-19(3)16(20)18-14-10-6-7-11-15(14)22-13-8-4-5-9-13/h13-15,21H,4-12H2,1-3H3,(H,18,20). The van der Waals surface area contributed by atoms with Crippen molar-refractivity contribution in [1.82, 2.24) is 10.2 Å². The number of hydrogen-bond donors (Lipinski definition) is 2. The molecule has 0 heterocycles. The zero-order valence-corrected chi connectivity index (χ0v) is 14.3. The molecule has 2 unspecified atom stereocenters. The number of nitrogens with zero attached hydrogens (tertiary/aromatic N) is 1. The zero-order chi connectivity index (χ0) is 16.2.